The molecule has 1 aromatic heterocycles. The van der Waals surface area contributed by atoms with Gasteiger partial charge in [0, 0.05) is 18.5 Å². The molecule has 0 spiro atoms. The van der Waals surface area contributed by atoms with Crippen LogP contribution in [0.4, 0.5) is 14.6 Å². The standard InChI is InChI=1S/C16H21F2N3/c1-4-5-14-20-15(16(19)21(14)9-10(2)3)11-6-7-12(17)13(18)8-11/h6-8,10H,4-5,9,19H2,1-3H3. The lowest BCUT2D eigenvalue weighted by Crippen LogP contribution is -2.11. The molecule has 0 bridgehead atoms. The van der Waals surface area contributed by atoms with E-state index in [1.165, 1.54) is 6.07 Å². The van der Waals surface area contributed by atoms with Crippen molar-refractivity contribution in [3.63, 3.8) is 0 Å². The summed E-state index contributed by atoms with van der Waals surface area (Å²) in [5, 5.41) is 0. The Balaban J connectivity index is 2.50. The van der Waals surface area contributed by atoms with Gasteiger partial charge in [-0.25, -0.2) is 13.8 Å². The predicted octanol–water partition coefficient (Wildman–Crippen LogP) is 4.02. The van der Waals surface area contributed by atoms with Crippen molar-refractivity contribution in [2.45, 2.75) is 40.2 Å². The van der Waals surface area contributed by atoms with Crippen molar-refractivity contribution in [2.24, 2.45) is 5.92 Å². The maximum absolute atomic E-state index is 13.4. The highest BCUT2D eigenvalue weighted by molar-refractivity contribution is 5.71. The van der Waals surface area contributed by atoms with E-state index in [0.29, 0.717) is 23.0 Å². The Labute approximate surface area is 123 Å². The van der Waals surface area contributed by atoms with Gasteiger partial charge in [0.15, 0.2) is 11.6 Å². The summed E-state index contributed by atoms with van der Waals surface area (Å²) in [6.45, 7) is 7.04. The van der Waals surface area contributed by atoms with Crippen LogP contribution in [0.25, 0.3) is 11.3 Å². The largest absolute Gasteiger partial charge is 0.383 e. The molecule has 114 valence electrons. The molecule has 3 nitrogen and oxygen atoms in total. The average Bonchev–Trinajstić information content (AvgIpc) is 2.71. The molecule has 5 heteroatoms. The van der Waals surface area contributed by atoms with E-state index < -0.39 is 11.6 Å². The number of hydrogen-bond donors (Lipinski definition) is 1. The van der Waals surface area contributed by atoms with E-state index in [4.69, 9.17) is 5.73 Å². The fourth-order valence-corrected chi connectivity index (χ4v) is 2.35. The molecule has 0 unspecified atom stereocenters. The SMILES string of the molecule is CCCc1nc(-c2ccc(F)c(F)c2)c(N)n1CC(C)C. The van der Waals surface area contributed by atoms with Gasteiger partial charge in [-0.1, -0.05) is 20.8 Å². The average molecular weight is 293 g/mol. The molecule has 0 aliphatic heterocycles. The fraction of sp³-hybridized carbons (Fsp3) is 0.438. The molecule has 0 saturated carbocycles. The summed E-state index contributed by atoms with van der Waals surface area (Å²) in [6.07, 6.45) is 1.76. The lowest BCUT2D eigenvalue weighted by atomic mass is 10.1. The van der Waals surface area contributed by atoms with Gasteiger partial charge >= 0.3 is 0 Å². The Bertz CT molecular complexity index is 633. The molecular formula is C16H21F2N3. The number of aromatic nitrogens is 2. The number of nitrogens with two attached hydrogens (primary N) is 1. The molecule has 2 rings (SSSR count). The van der Waals surface area contributed by atoms with Crippen LogP contribution in [0.3, 0.4) is 0 Å². The van der Waals surface area contributed by atoms with Gasteiger partial charge in [0.2, 0.25) is 0 Å². The van der Waals surface area contributed by atoms with Crippen LogP contribution >= 0.6 is 0 Å². The van der Waals surface area contributed by atoms with Crippen LogP contribution in [-0.4, -0.2) is 9.55 Å². The minimum Gasteiger partial charge on any atom is -0.383 e. The van der Waals surface area contributed by atoms with Crippen molar-refractivity contribution in [3.8, 4) is 11.3 Å². The zero-order chi connectivity index (χ0) is 15.6. The van der Waals surface area contributed by atoms with Crippen molar-refractivity contribution in [2.75, 3.05) is 5.73 Å². The van der Waals surface area contributed by atoms with Crippen LogP contribution in [0, 0.1) is 17.6 Å². The van der Waals surface area contributed by atoms with Crippen molar-refractivity contribution < 1.29 is 8.78 Å². The Morgan fingerprint density at radius 3 is 2.52 bits per heavy atom. The lowest BCUT2D eigenvalue weighted by molar-refractivity contribution is 0.509. The number of halogens is 2. The highest BCUT2D eigenvalue weighted by Gasteiger charge is 2.17. The minimum atomic E-state index is -0.887. The van der Waals surface area contributed by atoms with Gasteiger partial charge in [-0.3, -0.25) is 0 Å². The summed E-state index contributed by atoms with van der Waals surface area (Å²) in [7, 11) is 0. The van der Waals surface area contributed by atoms with Crippen LogP contribution in [0.1, 0.15) is 33.0 Å². The quantitative estimate of drug-likeness (QED) is 0.905. The third-order valence-electron chi connectivity index (χ3n) is 3.30. The topological polar surface area (TPSA) is 43.8 Å². The molecule has 0 radical (unpaired) electrons. The van der Waals surface area contributed by atoms with Gasteiger partial charge in [0.25, 0.3) is 0 Å². The molecular weight excluding hydrogens is 272 g/mol. The van der Waals surface area contributed by atoms with Crippen molar-refractivity contribution in [1.29, 1.82) is 0 Å². The first-order valence-electron chi connectivity index (χ1n) is 7.24. The number of nitrogen functional groups attached to an aromatic ring is 1. The molecule has 1 heterocycles. The Kier molecular flexibility index (Phi) is 4.60. The second-order valence-corrected chi connectivity index (χ2v) is 5.65. The summed E-state index contributed by atoms with van der Waals surface area (Å²) in [6, 6.07) is 3.75. The van der Waals surface area contributed by atoms with E-state index in [0.717, 1.165) is 37.3 Å². The van der Waals surface area contributed by atoms with Gasteiger partial charge in [0.05, 0.1) is 0 Å². The fourth-order valence-electron chi connectivity index (χ4n) is 2.35. The Morgan fingerprint density at radius 2 is 1.95 bits per heavy atom. The molecule has 21 heavy (non-hydrogen) atoms. The first-order valence-corrected chi connectivity index (χ1v) is 7.24. The van der Waals surface area contributed by atoms with Gasteiger partial charge in [0.1, 0.15) is 17.3 Å². The smallest absolute Gasteiger partial charge is 0.159 e. The molecule has 1 aromatic carbocycles. The predicted molar refractivity (Wildman–Crippen MR) is 80.8 cm³/mol. The molecule has 0 aliphatic rings. The van der Waals surface area contributed by atoms with Gasteiger partial charge < -0.3 is 10.3 Å². The zero-order valence-corrected chi connectivity index (χ0v) is 12.7. The third-order valence-corrected chi connectivity index (χ3v) is 3.30. The second kappa shape index (κ2) is 6.24. The van der Waals surface area contributed by atoms with E-state index in [2.05, 4.69) is 25.8 Å². The van der Waals surface area contributed by atoms with E-state index in [-0.39, 0.29) is 0 Å². The number of anilines is 1. The van der Waals surface area contributed by atoms with Gasteiger partial charge in [-0.05, 0) is 30.5 Å². The van der Waals surface area contributed by atoms with E-state index in [9.17, 15) is 8.78 Å². The Hall–Kier alpha value is -1.91. The van der Waals surface area contributed by atoms with E-state index in [1.54, 1.807) is 0 Å². The molecule has 2 N–H and O–H groups in total. The van der Waals surface area contributed by atoms with Crippen LogP contribution in [-0.2, 0) is 13.0 Å². The second-order valence-electron chi connectivity index (χ2n) is 5.65. The first-order chi connectivity index (χ1) is 9.93. The highest BCUT2D eigenvalue weighted by atomic mass is 19.2. The third kappa shape index (κ3) is 3.23. The maximum Gasteiger partial charge on any atom is 0.159 e. The number of aryl methyl sites for hydroxylation is 1. The van der Waals surface area contributed by atoms with Gasteiger partial charge in [-0.15, -0.1) is 0 Å². The highest BCUT2D eigenvalue weighted by Crippen LogP contribution is 2.28. The van der Waals surface area contributed by atoms with Crippen LogP contribution < -0.4 is 5.73 Å². The number of nitrogens with zero attached hydrogens (tertiary/aromatic N) is 2. The molecule has 0 amide bonds. The van der Waals surface area contributed by atoms with E-state index >= 15 is 0 Å². The molecule has 0 atom stereocenters. The molecule has 0 fully saturated rings. The van der Waals surface area contributed by atoms with Crippen LogP contribution in [0.5, 0.6) is 0 Å². The number of imidazole rings is 1. The van der Waals surface area contributed by atoms with Crippen LogP contribution in [0.15, 0.2) is 18.2 Å². The number of benzene rings is 1. The van der Waals surface area contributed by atoms with Crippen LogP contribution in [0.2, 0.25) is 0 Å². The minimum absolute atomic E-state index is 0.426. The zero-order valence-electron chi connectivity index (χ0n) is 12.7. The molecule has 0 aliphatic carbocycles. The number of rotatable bonds is 5. The Morgan fingerprint density at radius 1 is 1.24 bits per heavy atom. The molecule has 2 aromatic rings. The monoisotopic (exact) mass is 293 g/mol. The van der Waals surface area contributed by atoms with Crippen molar-refractivity contribution in [3.05, 3.63) is 35.7 Å². The van der Waals surface area contributed by atoms with E-state index in [1.807, 2.05) is 4.57 Å². The summed E-state index contributed by atoms with van der Waals surface area (Å²) in [5.41, 5.74) is 7.22. The maximum atomic E-state index is 13.4. The number of hydrogen-bond acceptors (Lipinski definition) is 2. The first kappa shape index (κ1) is 15.5. The normalized spacial score (nSPS) is 11.3. The summed E-state index contributed by atoms with van der Waals surface area (Å²) in [4.78, 5) is 4.54. The lowest BCUT2D eigenvalue weighted by Gasteiger charge is -2.11. The summed E-state index contributed by atoms with van der Waals surface area (Å²) >= 11 is 0. The summed E-state index contributed by atoms with van der Waals surface area (Å²) < 4.78 is 28.4. The summed E-state index contributed by atoms with van der Waals surface area (Å²) in [5.74, 6) is 0.0755. The van der Waals surface area contributed by atoms with Gasteiger partial charge in [-0.2, -0.15) is 0 Å². The van der Waals surface area contributed by atoms with Crippen molar-refractivity contribution in [1.82, 2.24) is 9.55 Å². The van der Waals surface area contributed by atoms with Crippen molar-refractivity contribution >= 4 is 5.82 Å². The molecule has 0 saturated heterocycles.